The Morgan fingerprint density at radius 3 is 3.06 bits per heavy atom. The van der Waals surface area contributed by atoms with Gasteiger partial charge in [-0.05, 0) is 19.4 Å². The molecule has 0 amide bonds. The lowest BCUT2D eigenvalue weighted by Crippen LogP contribution is -2.18. The summed E-state index contributed by atoms with van der Waals surface area (Å²) in [6, 6.07) is 1.71. The van der Waals surface area contributed by atoms with Gasteiger partial charge in [-0.15, -0.1) is 0 Å². The Labute approximate surface area is 93.8 Å². The topological polar surface area (TPSA) is 77.3 Å². The molecule has 6 nitrogen and oxygen atoms in total. The van der Waals surface area contributed by atoms with E-state index in [1.165, 1.54) is 12.4 Å². The number of pyridine rings is 1. The molecule has 0 radical (unpaired) electrons. The predicted octanol–water partition coefficient (Wildman–Crippen LogP) is 1.83. The van der Waals surface area contributed by atoms with E-state index in [1.54, 1.807) is 13.2 Å². The van der Waals surface area contributed by atoms with E-state index in [0.717, 1.165) is 6.42 Å². The van der Waals surface area contributed by atoms with Crippen LogP contribution in [0.3, 0.4) is 0 Å². The summed E-state index contributed by atoms with van der Waals surface area (Å²) >= 11 is 0. The van der Waals surface area contributed by atoms with Crippen molar-refractivity contribution >= 4 is 11.4 Å². The summed E-state index contributed by atoms with van der Waals surface area (Å²) in [5, 5.41) is 13.8. The van der Waals surface area contributed by atoms with E-state index >= 15 is 0 Å². The average molecular weight is 225 g/mol. The molecule has 1 aromatic rings. The van der Waals surface area contributed by atoms with Crippen molar-refractivity contribution in [1.82, 2.24) is 4.98 Å². The molecule has 0 aromatic carbocycles. The summed E-state index contributed by atoms with van der Waals surface area (Å²) in [7, 11) is 1.63. The zero-order valence-corrected chi connectivity index (χ0v) is 9.34. The molecule has 0 aliphatic heterocycles. The zero-order valence-electron chi connectivity index (χ0n) is 9.34. The predicted molar refractivity (Wildman–Crippen MR) is 60.5 cm³/mol. The SMILES string of the molecule is COCCC(C)Nc1ccncc1[N+](=O)[O-]. The fraction of sp³-hybridized carbons (Fsp3) is 0.500. The van der Waals surface area contributed by atoms with Gasteiger partial charge in [-0.2, -0.15) is 0 Å². The van der Waals surface area contributed by atoms with Gasteiger partial charge >= 0.3 is 5.69 Å². The third kappa shape index (κ3) is 3.47. The standard InChI is InChI=1S/C10H15N3O3/c1-8(4-6-16-2)12-9-3-5-11-7-10(9)13(14)15/h3,5,7-8H,4,6H2,1-2H3,(H,11,12). The minimum Gasteiger partial charge on any atom is -0.385 e. The number of nitrogens with one attached hydrogen (secondary N) is 1. The van der Waals surface area contributed by atoms with Gasteiger partial charge in [0.05, 0.1) is 4.92 Å². The number of methoxy groups -OCH3 is 1. The smallest absolute Gasteiger partial charge is 0.310 e. The van der Waals surface area contributed by atoms with E-state index in [9.17, 15) is 10.1 Å². The molecule has 1 unspecified atom stereocenters. The molecule has 0 saturated carbocycles. The van der Waals surface area contributed by atoms with Crippen LogP contribution in [0.15, 0.2) is 18.5 Å². The molecule has 1 N–H and O–H groups in total. The molecule has 0 spiro atoms. The zero-order chi connectivity index (χ0) is 12.0. The van der Waals surface area contributed by atoms with Crippen LogP contribution in [0.2, 0.25) is 0 Å². The summed E-state index contributed by atoms with van der Waals surface area (Å²) < 4.78 is 4.94. The minimum atomic E-state index is -0.446. The van der Waals surface area contributed by atoms with Gasteiger partial charge < -0.3 is 10.1 Å². The summed E-state index contributed by atoms with van der Waals surface area (Å²) in [5.41, 5.74) is 0.482. The first-order valence-corrected chi connectivity index (χ1v) is 4.99. The van der Waals surface area contributed by atoms with E-state index in [4.69, 9.17) is 4.74 Å². The van der Waals surface area contributed by atoms with Crippen molar-refractivity contribution in [1.29, 1.82) is 0 Å². The number of nitrogens with zero attached hydrogens (tertiary/aromatic N) is 2. The molecule has 1 atom stereocenters. The van der Waals surface area contributed by atoms with Gasteiger partial charge in [0, 0.05) is 26.0 Å². The van der Waals surface area contributed by atoms with Gasteiger partial charge in [0.1, 0.15) is 11.9 Å². The van der Waals surface area contributed by atoms with Crippen LogP contribution in [0.4, 0.5) is 11.4 Å². The Hall–Kier alpha value is -1.69. The number of aromatic nitrogens is 1. The highest BCUT2D eigenvalue weighted by atomic mass is 16.6. The molecule has 6 heteroatoms. The first kappa shape index (κ1) is 12.4. The van der Waals surface area contributed by atoms with Crippen LogP contribution >= 0.6 is 0 Å². The first-order chi connectivity index (χ1) is 7.65. The van der Waals surface area contributed by atoms with E-state index in [2.05, 4.69) is 10.3 Å². The average Bonchev–Trinajstić information content (AvgIpc) is 2.27. The molecule has 0 saturated heterocycles. The van der Waals surface area contributed by atoms with Crippen LogP contribution in [0.25, 0.3) is 0 Å². The number of hydrogen-bond donors (Lipinski definition) is 1. The van der Waals surface area contributed by atoms with Crippen molar-refractivity contribution in [3.63, 3.8) is 0 Å². The van der Waals surface area contributed by atoms with E-state index in [-0.39, 0.29) is 11.7 Å². The quantitative estimate of drug-likeness (QED) is 0.590. The van der Waals surface area contributed by atoms with E-state index in [0.29, 0.717) is 12.3 Å². The molecule has 1 rings (SSSR count). The van der Waals surface area contributed by atoms with Crippen LogP contribution in [0.1, 0.15) is 13.3 Å². The van der Waals surface area contributed by atoms with Crippen LogP contribution in [-0.4, -0.2) is 29.7 Å². The Morgan fingerprint density at radius 1 is 1.69 bits per heavy atom. The molecule has 16 heavy (non-hydrogen) atoms. The molecule has 1 aromatic heterocycles. The van der Waals surface area contributed by atoms with Crippen LogP contribution < -0.4 is 5.32 Å². The summed E-state index contributed by atoms with van der Waals surface area (Å²) in [4.78, 5) is 14.0. The molecule has 0 aliphatic rings. The third-order valence-corrected chi connectivity index (χ3v) is 2.15. The Morgan fingerprint density at radius 2 is 2.44 bits per heavy atom. The van der Waals surface area contributed by atoms with Crippen molar-refractivity contribution in [3.8, 4) is 0 Å². The van der Waals surface area contributed by atoms with Crippen molar-refractivity contribution in [2.45, 2.75) is 19.4 Å². The molecule has 0 bridgehead atoms. The maximum absolute atomic E-state index is 10.7. The normalized spacial score (nSPS) is 12.1. The van der Waals surface area contributed by atoms with Gasteiger partial charge in [0.25, 0.3) is 0 Å². The molecule has 88 valence electrons. The molecule has 0 fully saturated rings. The largest absolute Gasteiger partial charge is 0.385 e. The minimum absolute atomic E-state index is 0.00762. The van der Waals surface area contributed by atoms with Gasteiger partial charge in [-0.25, -0.2) is 0 Å². The highest BCUT2D eigenvalue weighted by molar-refractivity contribution is 5.59. The number of hydrogen-bond acceptors (Lipinski definition) is 5. The second kappa shape index (κ2) is 6.02. The maximum Gasteiger partial charge on any atom is 0.310 e. The highest BCUT2D eigenvalue weighted by Gasteiger charge is 2.14. The third-order valence-electron chi connectivity index (χ3n) is 2.15. The summed E-state index contributed by atoms with van der Waals surface area (Å²) in [6.07, 6.45) is 3.56. The van der Waals surface area contributed by atoms with Crippen molar-refractivity contribution in [2.75, 3.05) is 19.0 Å². The number of ether oxygens (including phenoxy) is 1. The van der Waals surface area contributed by atoms with E-state index < -0.39 is 4.92 Å². The van der Waals surface area contributed by atoms with Crippen LogP contribution in [0.5, 0.6) is 0 Å². The number of rotatable bonds is 6. The lowest BCUT2D eigenvalue weighted by molar-refractivity contribution is -0.384. The van der Waals surface area contributed by atoms with Gasteiger partial charge in [0.15, 0.2) is 0 Å². The Bertz CT molecular complexity index is 357. The van der Waals surface area contributed by atoms with Gasteiger partial charge in [-0.3, -0.25) is 15.1 Å². The highest BCUT2D eigenvalue weighted by Crippen LogP contribution is 2.22. The second-order valence-electron chi connectivity index (χ2n) is 3.48. The van der Waals surface area contributed by atoms with Crippen molar-refractivity contribution < 1.29 is 9.66 Å². The lowest BCUT2D eigenvalue weighted by atomic mass is 10.2. The molecular weight excluding hydrogens is 210 g/mol. The molecular formula is C10H15N3O3. The van der Waals surface area contributed by atoms with Gasteiger partial charge in [-0.1, -0.05) is 0 Å². The van der Waals surface area contributed by atoms with Crippen LogP contribution in [-0.2, 0) is 4.74 Å². The summed E-state index contributed by atoms with van der Waals surface area (Å²) in [6.45, 7) is 2.57. The fourth-order valence-electron chi connectivity index (χ4n) is 1.29. The maximum atomic E-state index is 10.7. The van der Waals surface area contributed by atoms with Crippen LogP contribution in [0, 0.1) is 10.1 Å². The molecule has 0 aliphatic carbocycles. The number of anilines is 1. The monoisotopic (exact) mass is 225 g/mol. The Kier molecular flexibility index (Phi) is 4.65. The van der Waals surface area contributed by atoms with Gasteiger partial charge in [0.2, 0.25) is 0 Å². The number of nitro groups is 1. The van der Waals surface area contributed by atoms with Crippen molar-refractivity contribution in [2.24, 2.45) is 0 Å². The fourth-order valence-corrected chi connectivity index (χ4v) is 1.29. The lowest BCUT2D eigenvalue weighted by Gasteiger charge is -2.14. The Balaban J connectivity index is 2.69. The van der Waals surface area contributed by atoms with Crippen molar-refractivity contribution in [3.05, 3.63) is 28.6 Å². The molecule has 1 heterocycles. The second-order valence-corrected chi connectivity index (χ2v) is 3.48. The van der Waals surface area contributed by atoms with E-state index in [1.807, 2.05) is 6.92 Å². The first-order valence-electron chi connectivity index (χ1n) is 4.99. The summed E-state index contributed by atoms with van der Waals surface area (Å²) in [5.74, 6) is 0.